The Balaban J connectivity index is 2.80. The summed E-state index contributed by atoms with van der Waals surface area (Å²) in [7, 11) is 3.46. The van der Waals surface area contributed by atoms with Gasteiger partial charge in [0.25, 0.3) is 0 Å². The summed E-state index contributed by atoms with van der Waals surface area (Å²) in [4.78, 5) is 0. The Morgan fingerprint density at radius 2 is 1.79 bits per heavy atom. The highest BCUT2D eigenvalue weighted by atomic mass is 16.5. The van der Waals surface area contributed by atoms with E-state index in [-0.39, 0.29) is 0 Å². The van der Waals surface area contributed by atoms with Crippen LogP contribution in [0.25, 0.3) is 0 Å². The van der Waals surface area contributed by atoms with Crippen LogP contribution in [-0.4, -0.2) is 14.2 Å². The monoisotopic (exact) mass is 264 g/mol. The summed E-state index contributed by atoms with van der Waals surface area (Å²) >= 11 is 0. The van der Waals surface area contributed by atoms with E-state index in [0.29, 0.717) is 0 Å². The molecule has 19 heavy (non-hydrogen) atoms. The third kappa shape index (κ3) is 5.14. The molecule has 0 saturated heterocycles. The van der Waals surface area contributed by atoms with Crippen molar-refractivity contribution in [1.82, 2.24) is 0 Å². The van der Waals surface area contributed by atoms with E-state index in [1.807, 2.05) is 12.1 Å². The zero-order chi connectivity index (χ0) is 14.1. The molecule has 108 valence electrons. The third-order valence-corrected chi connectivity index (χ3v) is 3.66. The van der Waals surface area contributed by atoms with Crippen LogP contribution in [0.3, 0.4) is 0 Å². The normalized spacial score (nSPS) is 12.2. The van der Waals surface area contributed by atoms with Gasteiger partial charge in [0.2, 0.25) is 0 Å². The lowest BCUT2D eigenvalue weighted by Gasteiger charge is -2.18. The van der Waals surface area contributed by atoms with Gasteiger partial charge < -0.3 is 9.47 Å². The quantitative estimate of drug-likeness (QED) is 0.634. The minimum Gasteiger partial charge on any atom is -0.497 e. The highest BCUT2D eigenvalue weighted by Gasteiger charge is 2.13. The van der Waals surface area contributed by atoms with Gasteiger partial charge in [-0.05, 0) is 36.1 Å². The molecule has 1 aromatic carbocycles. The van der Waals surface area contributed by atoms with Gasteiger partial charge in [0.15, 0.2) is 0 Å². The minimum atomic E-state index is 0.756. The van der Waals surface area contributed by atoms with Gasteiger partial charge in [-0.2, -0.15) is 0 Å². The van der Waals surface area contributed by atoms with Crippen molar-refractivity contribution >= 4 is 0 Å². The van der Waals surface area contributed by atoms with Crippen LogP contribution in [0.15, 0.2) is 18.2 Å². The predicted molar refractivity (Wildman–Crippen MR) is 81.2 cm³/mol. The Morgan fingerprint density at radius 3 is 2.37 bits per heavy atom. The van der Waals surface area contributed by atoms with Crippen LogP contribution in [0.2, 0.25) is 0 Å². The smallest absolute Gasteiger partial charge is 0.122 e. The molecule has 0 bridgehead atoms. The van der Waals surface area contributed by atoms with E-state index in [4.69, 9.17) is 9.47 Å². The Hall–Kier alpha value is -1.18. The third-order valence-electron chi connectivity index (χ3n) is 3.66. The van der Waals surface area contributed by atoms with Crippen molar-refractivity contribution < 1.29 is 9.47 Å². The van der Waals surface area contributed by atoms with Crippen LogP contribution >= 0.6 is 0 Å². The molecule has 0 aliphatic carbocycles. The molecule has 0 aliphatic rings. The van der Waals surface area contributed by atoms with Gasteiger partial charge in [-0.1, -0.05) is 46.0 Å². The molecule has 0 aromatic heterocycles. The topological polar surface area (TPSA) is 18.5 Å². The molecule has 0 spiro atoms. The number of benzene rings is 1. The number of hydrogen-bond donors (Lipinski definition) is 0. The van der Waals surface area contributed by atoms with E-state index >= 15 is 0 Å². The first-order chi connectivity index (χ1) is 9.24. The van der Waals surface area contributed by atoms with Gasteiger partial charge in [-0.25, -0.2) is 0 Å². The lowest BCUT2D eigenvalue weighted by Crippen LogP contribution is -2.06. The SMILES string of the molecule is CCCC[C@H](CCC)Cc1cc(OC)ccc1OC. The Morgan fingerprint density at radius 1 is 1.00 bits per heavy atom. The Labute approximate surface area is 118 Å². The van der Waals surface area contributed by atoms with E-state index in [9.17, 15) is 0 Å². The first-order valence-corrected chi connectivity index (χ1v) is 7.46. The zero-order valence-corrected chi connectivity index (χ0v) is 12.9. The highest BCUT2D eigenvalue weighted by Crippen LogP contribution is 2.29. The van der Waals surface area contributed by atoms with Crippen LogP contribution in [-0.2, 0) is 6.42 Å². The molecule has 0 saturated carbocycles. The molecule has 1 aromatic rings. The molecule has 0 N–H and O–H groups in total. The van der Waals surface area contributed by atoms with Crippen LogP contribution < -0.4 is 9.47 Å². The summed E-state index contributed by atoms with van der Waals surface area (Å²) in [6.45, 7) is 4.52. The number of rotatable bonds is 9. The second-order valence-corrected chi connectivity index (χ2v) is 5.18. The summed E-state index contributed by atoms with van der Waals surface area (Å²) in [5.74, 6) is 2.66. The molecule has 1 atom stereocenters. The van der Waals surface area contributed by atoms with Gasteiger partial charge in [0.1, 0.15) is 11.5 Å². The van der Waals surface area contributed by atoms with Crippen molar-refractivity contribution in [3.63, 3.8) is 0 Å². The average molecular weight is 264 g/mol. The number of unbranched alkanes of at least 4 members (excludes halogenated alkanes) is 1. The van der Waals surface area contributed by atoms with Crippen molar-refractivity contribution in [2.24, 2.45) is 5.92 Å². The fourth-order valence-electron chi connectivity index (χ4n) is 2.60. The van der Waals surface area contributed by atoms with Crippen LogP contribution in [0.1, 0.15) is 51.5 Å². The molecule has 0 heterocycles. The van der Waals surface area contributed by atoms with E-state index in [0.717, 1.165) is 23.8 Å². The van der Waals surface area contributed by atoms with Crippen LogP contribution in [0.5, 0.6) is 11.5 Å². The fraction of sp³-hybridized carbons (Fsp3) is 0.647. The van der Waals surface area contributed by atoms with Crippen molar-refractivity contribution in [2.45, 2.75) is 52.4 Å². The van der Waals surface area contributed by atoms with Gasteiger partial charge >= 0.3 is 0 Å². The van der Waals surface area contributed by atoms with Gasteiger partial charge in [0, 0.05) is 0 Å². The lowest BCUT2D eigenvalue weighted by molar-refractivity contribution is 0.383. The van der Waals surface area contributed by atoms with E-state index in [1.54, 1.807) is 14.2 Å². The maximum Gasteiger partial charge on any atom is 0.122 e. The Bertz CT molecular complexity index is 360. The van der Waals surface area contributed by atoms with E-state index < -0.39 is 0 Å². The number of hydrogen-bond acceptors (Lipinski definition) is 2. The summed E-state index contributed by atoms with van der Waals surface area (Å²) in [6, 6.07) is 6.09. The highest BCUT2D eigenvalue weighted by molar-refractivity contribution is 5.40. The second-order valence-electron chi connectivity index (χ2n) is 5.18. The predicted octanol–water partition coefficient (Wildman–Crippen LogP) is 4.85. The molecule has 0 fully saturated rings. The molecule has 0 radical (unpaired) electrons. The summed E-state index contributed by atoms with van der Waals surface area (Å²) in [5.41, 5.74) is 1.27. The van der Waals surface area contributed by atoms with Gasteiger partial charge in [0.05, 0.1) is 14.2 Å². The van der Waals surface area contributed by atoms with Crippen LogP contribution in [0, 0.1) is 5.92 Å². The lowest BCUT2D eigenvalue weighted by atomic mass is 9.90. The van der Waals surface area contributed by atoms with Crippen molar-refractivity contribution in [3.8, 4) is 11.5 Å². The molecule has 2 heteroatoms. The Kier molecular flexibility index (Phi) is 7.39. The average Bonchev–Trinajstić information content (AvgIpc) is 2.44. The van der Waals surface area contributed by atoms with Crippen molar-refractivity contribution in [2.75, 3.05) is 14.2 Å². The molecule has 0 amide bonds. The molecular formula is C17H28O2. The number of methoxy groups -OCH3 is 2. The molecule has 0 aliphatic heterocycles. The molecule has 0 unspecified atom stereocenters. The maximum atomic E-state index is 5.47. The van der Waals surface area contributed by atoms with Crippen LogP contribution in [0.4, 0.5) is 0 Å². The van der Waals surface area contributed by atoms with Gasteiger partial charge in [-0.15, -0.1) is 0 Å². The van der Waals surface area contributed by atoms with E-state index in [2.05, 4.69) is 19.9 Å². The largest absolute Gasteiger partial charge is 0.497 e. The summed E-state index contributed by atoms with van der Waals surface area (Å²) in [5, 5.41) is 0. The van der Waals surface area contributed by atoms with Crippen molar-refractivity contribution in [1.29, 1.82) is 0 Å². The second kappa shape index (κ2) is 8.84. The summed E-state index contributed by atoms with van der Waals surface area (Å²) in [6.07, 6.45) is 7.53. The maximum absolute atomic E-state index is 5.47. The molecular weight excluding hydrogens is 236 g/mol. The molecule has 2 nitrogen and oxygen atoms in total. The zero-order valence-electron chi connectivity index (χ0n) is 12.9. The fourth-order valence-corrected chi connectivity index (χ4v) is 2.60. The first kappa shape index (κ1) is 15.9. The van der Waals surface area contributed by atoms with Crippen molar-refractivity contribution in [3.05, 3.63) is 23.8 Å². The standard InChI is InChI=1S/C17H28O2/c1-5-7-9-14(8-6-2)12-15-13-16(18-3)10-11-17(15)19-4/h10-11,13-14H,5-9,12H2,1-4H3/t14-/m0/s1. The number of ether oxygens (including phenoxy) is 2. The minimum absolute atomic E-state index is 0.756. The summed E-state index contributed by atoms with van der Waals surface area (Å²) < 4.78 is 10.8. The molecule has 1 rings (SSSR count). The van der Waals surface area contributed by atoms with Gasteiger partial charge in [-0.3, -0.25) is 0 Å². The first-order valence-electron chi connectivity index (χ1n) is 7.46. The van der Waals surface area contributed by atoms with E-state index in [1.165, 1.54) is 37.7 Å².